The molecule has 0 saturated carbocycles. The third kappa shape index (κ3) is 3.72. The lowest BCUT2D eigenvalue weighted by Gasteiger charge is -2.10. The normalized spacial score (nSPS) is 10.9. The zero-order chi connectivity index (χ0) is 20.5. The SMILES string of the molecule is Oc1ccc(-c2ccc(-c3cc(F)c(-c4ccc(F)c(F)c4)c(F)c3)cc2)cc1. The maximum atomic E-state index is 14.6. The molecule has 0 aliphatic rings. The highest BCUT2D eigenvalue weighted by atomic mass is 19.2. The number of rotatable bonds is 3. The van der Waals surface area contributed by atoms with Gasteiger partial charge in [-0.15, -0.1) is 0 Å². The summed E-state index contributed by atoms with van der Waals surface area (Å²) < 4.78 is 55.8. The van der Waals surface area contributed by atoms with E-state index in [1.165, 1.54) is 0 Å². The van der Waals surface area contributed by atoms with Gasteiger partial charge in [-0.3, -0.25) is 0 Å². The largest absolute Gasteiger partial charge is 0.508 e. The molecule has 0 saturated heterocycles. The Morgan fingerprint density at radius 3 is 1.34 bits per heavy atom. The average molecular weight is 394 g/mol. The lowest BCUT2D eigenvalue weighted by Crippen LogP contribution is -1.94. The highest BCUT2D eigenvalue weighted by Crippen LogP contribution is 2.33. The molecule has 4 aromatic rings. The van der Waals surface area contributed by atoms with Crippen LogP contribution in [0.3, 0.4) is 0 Å². The summed E-state index contributed by atoms with van der Waals surface area (Å²) in [5.41, 5.74) is 2.21. The summed E-state index contributed by atoms with van der Waals surface area (Å²) in [7, 11) is 0. The van der Waals surface area contributed by atoms with E-state index < -0.39 is 28.8 Å². The van der Waals surface area contributed by atoms with Gasteiger partial charge in [0.15, 0.2) is 11.6 Å². The molecule has 0 fully saturated rings. The molecule has 0 amide bonds. The van der Waals surface area contributed by atoms with Gasteiger partial charge in [-0.25, -0.2) is 17.6 Å². The van der Waals surface area contributed by atoms with Crippen molar-refractivity contribution in [3.05, 3.63) is 102 Å². The van der Waals surface area contributed by atoms with Crippen molar-refractivity contribution in [2.45, 2.75) is 0 Å². The molecule has 144 valence electrons. The summed E-state index contributed by atoms with van der Waals surface area (Å²) in [6, 6.07) is 18.8. The minimum atomic E-state index is -1.17. The van der Waals surface area contributed by atoms with Crippen molar-refractivity contribution in [2.24, 2.45) is 0 Å². The van der Waals surface area contributed by atoms with Crippen molar-refractivity contribution >= 4 is 0 Å². The van der Waals surface area contributed by atoms with Gasteiger partial charge >= 0.3 is 0 Å². The minimum absolute atomic E-state index is 0.0758. The van der Waals surface area contributed by atoms with Gasteiger partial charge in [-0.2, -0.15) is 0 Å². The molecule has 0 aromatic heterocycles. The molecule has 4 aromatic carbocycles. The molecule has 4 rings (SSSR count). The fraction of sp³-hybridized carbons (Fsp3) is 0. The highest BCUT2D eigenvalue weighted by Gasteiger charge is 2.16. The molecular formula is C24H14F4O. The molecule has 5 heteroatoms. The van der Waals surface area contributed by atoms with Gasteiger partial charge in [0.05, 0.1) is 5.56 Å². The molecular weight excluding hydrogens is 380 g/mol. The Kier molecular flexibility index (Phi) is 4.80. The van der Waals surface area contributed by atoms with Crippen LogP contribution in [0.4, 0.5) is 17.6 Å². The van der Waals surface area contributed by atoms with Crippen molar-refractivity contribution in [3.63, 3.8) is 0 Å². The second-order valence-corrected chi connectivity index (χ2v) is 6.57. The summed E-state index contributed by atoms with van der Waals surface area (Å²) in [4.78, 5) is 0. The zero-order valence-corrected chi connectivity index (χ0v) is 15.0. The van der Waals surface area contributed by atoms with Crippen molar-refractivity contribution < 1.29 is 22.7 Å². The fourth-order valence-corrected chi connectivity index (χ4v) is 3.18. The molecule has 29 heavy (non-hydrogen) atoms. The van der Waals surface area contributed by atoms with Crippen LogP contribution in [0.15, 0.2) is 78.9 Å². The van der Waals surface area contributed by atoms with Gasteiger partial charge in [0.2, 0.25) is 0 Å². The van der Waals surface area contributed by atoms with Gasteiger partial charge in [-0.05, 0) is 64.2 Å². The second kappa shape index (κ2) is 7.43. The van der Waals surface area contributed by atoms with Crippen LogP contribution in [0.25, 0.3) is 33.4 Å². The van der Waals surface area contributed by atoms with Gasteiger partial charge in [-0.1, -0.05) is 42.5 Å². The average Bonchev–Trinajstić information content (AvgIpc) is 2.71. The van der Waals surface area contributed by atoms with Crippen LogP contribution in [-0.2, 0) is 0 Å². The van der Waals surface area contributed by atoms with Gasteiger partial charge in [0, 0.05) is 0 Å². The highest BCUT2D eigenvalue weighted by molar-refractivity contribution is 5.74. The van der Waals surface area contributed by atoms with E-state index in [-0.39, 0.29) is 11.3 Å². The van der Waals surface area contributed by atoms with Gasteiger partial charge in [0.1, 0.15) is 17.4 Å². The quantitative estimate of drug-likeness (QED) is 0.373. The fourth-order valence-electron chi connectivity index (χ4n) is 3.18. The van der Waals surface area contributed by atoms with Crippen LogP contribution in [0.1, 0.15) is 0 Å². The zero-order valence-electron chi connectivity index (χ0n) is 15.0. The first-order valence-electron chi connectivity index (χ1n) is 8.77. The molecule has 1 nitrogen and oxygen atoms in total. The third-order valence-corrected chi connectivity index (χ3v) is 4.67. The Balaban J connectivity index is 1.69. The number of phenolic OH excluding ortho intramolecular Hbond substituents is 1. The molecule has 0 aliphatic carbocycles. The number of hydrogen-bond acceptors (Lipinski definition) is 1. The molecule has 0 spiro atoms. The molecule has 0 heterocycles. The Morgan fingerprint density at radius 2 is 0.828 bits per heavy atom. The van der Waals surface area contributed by atoms with E-state index >= 15 is 0 Å². The van der Waals surface area contributed by atoms with E-state index in [0.717, 1.165) is 41.5 Å². The molecule has 0 radical (unpaired) electrons. The predicted octanol–water partition coefficient (Wildman–Crippen LogP) is 6.95. The Hall–Kier alpha value is -3.60. The van der Waals surface area contributed by atoms with Crippen LogP contribution < -0.4 is 0 Å². The first-order chi connectivity index (χ1) is 13.9. The maximum absolute atomic E-state index is 14.6. The van der Waals surface area contributed by atoms with E-state index in [1.807, 2.05) is 0 Å². The first kappa shape index (κ1) is 18.7. The lowest BCUT2D eigenvalue weighted by atomic mass is 9.97. The van der Waals surface area contributed by atoms with Crippen LogP contribution in [0.5, 0.6) is 5.75 Å². The number of phenols is 1. The Morgan fingerprint density at radius 1 is 0.414 bits per heavy atom. The number of halogens is 4. The Bertz CT molecular complexity index is 1160. The number of hydrogen-bond donors (Lipinski definition) is 1. The second-order valence-electron chi connectivity index (χ2n) is 6.57. The van der Waals surface area contributed by atoms with E-state index in [0.29, 0.717) is 11.1 Å². The van der Waals surface area contributed by atoms with Crippen LogP contribution in [0, 0.1) is 23.3 Å². The molecule has 0 aliphatic heterocycles. The Labute approximate surface area is 164 Å². The van der Waals surface area contributed by atoms with Crippen molar-refractivity contribution in [3.8, 4) is 39.1 Å². The third-order valence-electron chi connectivity index (χ3n) is 4.67. The van der Waals surface area contributed by atoms with Gasteiger partial charge in [0.25, 0.3) is 0 Å². The first-order valence-corrected chi connectivity index (χ1v) is 8.77. The number of aromatic hydroxyl groups is 1. The summed E-state index contributed by atoms with van der Waals surface area (Å²) in [6.07, 6.45) is 0. The maximum Gasteiger partial charge on any atom is 0.159 e. The summed E-state index contributed by atoms with van der Waals surface area (Å²) >= 11 is 0. The van der Waals surface area contributed by atoms with E-state index in [2.05, 4.69) is 0 Å². The van der Waals surface area contributed by atoms with Crippen molar-refractivity contribution in [1.82, 2.24) is 0 Å². The molecule has 1 N–H and O–H groups in total. The molecule has 0 unspecified atom stereocenters. The minimum Gasteiger partial charge on any atom is -0.508 e. The predicted molar refractivity (Wildman–Crippen MR) is 104 cm³/mol. The van der Waals surface area contributed by atoms with Gasteiger partial charge < -0.3 is 5.11 Å². The van der Waals surface area contributed by atoms with Crippen molar-refractivity contribution in [2.75, 3.05) is 0 Å². The van der Waals surface area contributed by atoms with Crippen LogP contribution >= 0.6 is 0 Å². The van der Waals surface area contributed by atoms with Crippen LogP contribution in [-0.4, -0.2) is 5.11 Å². The van der Waals surface area contributed by atoms with Crippen LogP contribution in [0.2, 0.25) is 0 Å². The summed E-state index contributed by atoms with van der Waals surface area (Å²) in [5, 5.41) is 9.37. The summed E-state index contributed by atoms with van der Waals surface area (Å²) in [5.74, 6) is -3.82. The standard InChI is InChI=1S/C24H14F4O/c25-20-10-7-17(11-21(20)26)24-22(27)12-18(13-23(24)28)16-3-1-14(2-4-16)15-5-8-19(29)9-6-15/h1-13,29H. The van der Waals surface area contributed by atoms with E-state index in [9.17, 15) is 22.7 Å². The van der Waals surface area contributed by atoms with Crippen molar-refractivity contribution in [1.29, 1.82) is 0 Å². The van der Waals surface area contributed by atoms with E-state index in [4.69, 9.17) is 0 Å². The molecule has 0 atom stereocenters. The monoisotopic (exact) mass is 394 g/mol. The molecule has 0 bridgehead atoms. The smallest absolute Gasteiger partial charge is 0.159 e. The lowest BCUT2D eigenvalue weighted by molar-refractivity contribution is 0.475. The number of benzene rings is 4. The topological polar surface area (TPSA) is 20.2 Å². The van der Waals surface area contributed by atoms with E-state index in [1.54, 1.807) is 48.5 Å². The summed E-state index contributed by atoms with van der Waals surface area (Å²) in [6.45, 7) is 0.